The highest BCUT2D eigenvalue weighted by atomic mass is 16.5. The third-order valence-electron chi connectivity index (χ3n) is 0.558. The molecule has 1 amide bonds. The standard InChI is InChI=1S/C3H8N2O2/c1-2(4)3(6)5-7/h2,7H,4H2,1H3,(H,5,6)/p+1/t2-/m0/s1. The zero-order chi connectivity index (χ0) is 5.86. The van der Waals surface area contributed by atoms with E-state index in [-0.39, 0.29) is 6.04 Å². The molecule has 1 atom stereocenters. The van der Waals surface area contributed by atoms with Crippen LogP contribution in [0.2, 0.25) is 0 Å². The van der Waals surface area contributed by atoms with Crippen molar-refractivity contribution < 1.29 is 15.7 Å². The quantitative estimate of drug-likeness (QED) is 0.269. The van der Waals surface area contributed by atoms with Crippen molar-refractivity contribution in [1.29, 1.82) is 0 Å². The summed E-state index contributed by atoms with van der Waals surface area (Å²) in [6.07, 6.45) is 0. The van der Waals surface area contributed by atoms with E-state index in [9.17, 15) is 4.79 Å². The molecule has 0 aliphatic rings. The van der Waals surface area contributed by atoms with Crippen LogP contribution in [-0.4, -0.2) is 17.2 Å². The van der Waals surface area contributed by atoms with Gasteiger partial charge in [-0.05, 0) is 6.92 Å². The number of hydroxylamine groups is 1. The predicted molar refractivity (Wildman–Crippen MR) is 22.3 cm³/mol. The van der Waals surface area contributed by atoms with Gasteiger partial charge in [-0.25, -0.2) is 5.48 Å². The van der Waals surface area contributed by atoms with Crippen LogP contribution in [0, 0.1) is 0 Å². The average molecular weight is 105 g/mol. The second-order valence-corrected chi connectivity index (χ2v) is 1.38. The van der Waals surface area contributed by atoms with E-state index >= 15 is 0 Å². The summed E-state index contributed by atoms with van der Waals surface area (Å²) in [6.45, 7) is 1.59. The number of nitrogens with one attached hydrogen (secondary N) is 1. The minimum Gasteiger partial charge on any atom is -0.347 e. The molecule has 0 heterocycles. The van der Waals surface area contributed by atoms with Crippen LogP contribution in [0.1, 0.15) is 6.92 Å². The Labute approximate surface area is 41.3 Å². The normalized spacial score (nSPS) is 13.0. The zero-order valence-electron chi connectivity index (χ0n) is 4.14. The number of hydrogen-bond acceptors (Lipinski definition) is 2. The van der Waals surface area contributed by atoms with Crippen molar-refractivity contribution in [2.24, 2.45) is 0 Å². The first-order valence-corrected chi connectivity index (χ1v) is 1.95. The molecule has 4 heteroatoms. The molecule has 0 unspecified atom stereocenters. The number of carbonyl (C=O) groups excluding carboxylic acids is 1. The lowest BCUT2D eigenvalue weighted by Crippen LogP contribution is -2.65. The summed E-state index contributed by atoms with van der Waals surface area (Å²) in [4.78, 5) is 10.1. The minimum absolute atomic E-state index is 0.384. The Morgan fingerprint density at radius 3 is 2.43 bits per heavy atom. The first kappa shape index (κ1) is 6.39. The molecule has 0 aliphatic heterocycles. The molecule has 0 aromatic heterocycles. The summed E-state index contributed by atoms with van der Waals surface area (Å²) in [6, 6.07) is -0.384. The number of carbonyl (C=O) groups is 1. The summed E-state index contributed by atoms with van der Waals surface area (Å²) < 4.78 is 0. The molecule has 0 aromatic carbocycles. The van der Waals surface area contributed by atoms with Gasteiger partial charge < -0.3 is 5.73 Å². The predicted octanol–water partition coefficient (Wildman–Crippen LogP) is -1.88. The SMILES string of the molecule is C[C@H]([NH3+])C(=O)NO. The van der Waals surface area contributed by atoms with Crippen LogP contribution < -0.4 is 11.2 Å². The molecule has 0 aliphatic carbocycles. The average Bonchev–Trinajstić information content (AvgIpc) is 1.65. The summed E-state index contributed by atoms with van der Waals surface area (Å²) in [7, 11) is 0. The maximum absolute atomic E-state index is 10.1. The molecule has 0 bridgehead atoms. The van der Waals surface area contributed by atoms with E-state index in [1.165, 1.54) is 5.48 Å². The lowest BCUT2D eigenvalue weighted by atomic mass is 10.4. The molecule has 4 nitrogen and oxygen atoms in total. The Morgan fingerprint density at radius 1 is 2.00 bits per heavy atom. The van der Waals surface area contributed by atoms with Crippen molar-refractivity contribution in [2.75, 3.05) is 0 Å². The van der Waals surface area contributed by atoms with E-state index in [1.807, 2.05) is 0 Å². The minimum atomic E-state index is -0.458. The molecule has 0 spiro atoms. The van der Waals surface area contributed by atoms with Gasteiger partial charge in [-0.3, -0.25) is 10.0 Å². The second-order valence-electron chi connectivity index (χ2n) is 1.38. The van der Waals surface area contributed by atoms with Crippen molar-refractivity contribution in [3.63, 3.8) is 0 Å². The van der Waals surface area contributed by atoms with Crippen LogP contribution in [0.25, 0.3) is 0 Å². The first-order chi connectivity index (χ1) is 3.18. The topological polar surface area (TPSA) is 77.0 Å². The molecular formula is C3H9N2O2+. The third kappa shape index (κ3) is 2.13. The molecular weight excluding hydrogens is 96.0 g/mol. The highest BCUT2D eigenvalue weighted by Crippen LogP contribution is 1.65. The molecule has 0 saturated heterocycles. The second kappa shape index (κ2) is 2.54. The van der Waals surface area contributed by atoms with Gasteiger partial charge in [-0.15, -0.1) is 0 Å². The molecule has 0 aromatic rings. The fourth-order valence-corrected chi connectivity index (χ4v) is 0.110. The maximum Gasteiger partial charge on any atom is 0.301 e. The highest BCUT2D eigenvalue weighted by Gasteiger charge is 2.06. The fourth-order valence-electron chi connectivity index (χ4n) is 0.110. The molecule has 0 fully saturated rings. The highest BCUT2D eigenvalue weighted by molar-refractivity contribution is 5.78. The molecule has 5 N–H and O–H groups in total. The summed E-state index contributed by atoms with van der Waals surface area (Å²) in [5.74, 6) is -0.458. The lowest BCUT2D eigenvalue weighted by Gasteiger charge is -1.94. The first-order valence-electron chi connectivity index (χ1n) is 1.95. The van der Waals surface area contributed by atoms with Crippen LogP contribution in [0.15, 0.2) is 0 Å². The summed E-state index contributed by atoms with van der Waals surface area (Å²) in [5, 5.41) is 7.87. The van der Waals surface area contributed by atoms with E-state index in [2.05, 4.69) is 5.73 Å². The summed E-state index contributed by atoms with van der Waals surface area (Å²) in [5.41, 5.74) is 4.80. The molecule has 7 heavy (non-hydrogen) atoms. The van der Waals surface area contributed by atoms with Crippen molar-refractivity contribution in [3.8, 4) is 0 Å². The third-order valence-corrected chi connectivity index (χ3v) is 0.558. The largest absolute Gasteiger partial charge is 0.347 e. The van der Waals surface area contributed by atoms with E-state index in [0.717, 1.165) is 0 Å². The van der Waals surface area contributed by atoms with Gasteiger partial charge in [0.1, 0.15) is 0 Å². The zero-order valence-corrected chi connectivity index (χ0v) is 4.14. The van der Waals surface area contributed by atoms with Crippen LogP contribution in [0.5, 0.6) is 0 Å². The van der Waals surface area contributed by atoms with Gasteiger partial charge in [0.05, 0.1) is 0 Å². The Balaban J connectivity index is 3.35. The van der Waals surface area contributed by atoms with Gasteiger partial charge in [0.25, 0.3) is 0 Å². The van der Waals surface area contributed by atoms with E-state index in [0.29, 0.717) is 0 Å². The van der Waals surface area contributed by atoms with E-state index < -0.39 is 5.91 Å². The Bertz CT molecular complexity index is 71.3. The molecule has 0 rings (SSSR count). The maximum atomic E-state index is 10.1. The van der Waals surface area contributed by atoms with Gasteiger partial charge in [-0.1, -0.05) is 0 Å². The van der Waals surface area contributed by atoms with Crippen molar-refractivity contribution in [1.82, 2.24) is 5.48 Å². The van der Waals surface area contributed by atoms with Crippen molar-refractivity contribution in [2.45, 2.75) is 13.0 Å². The smallest absolute Gasteiger partial charge is 0.301 e. The van der Waals surface area contributed by atoms with Gasteiger partial charge in [-0.2, -0.15) is 0 Å². The van der Waals surface area contributed by atoms with E-state index in [4.69, 9.17) is 5.21 Å². The van der Waals surface area contributed by atoms with Crippen molar-refractivity contribution >= 4 is 5.91 Å². The van der Waals surface area contributed by atoms with Gasteiger partial charge >= 0.3 is 5.91 Å². The molecule has 0 radical (unpaired) electrons. The fraction of sp³-hybridized carbons (Fsp3) is 0.667. The van der Waals surface area contributed by atoms with Crippen molar-refractivity contribution in [3.05, 3.63) is 0 Å². The number of hydrogen-bond donors (Lipinski definition) is 3. The van der Waals surface area contributed by atoms with Gasteiger partial charge in [0, 0.05) is 0 Å². The summed E-state index contributed by atoms with van der Waals surface area (Å²) >= 11 is 0. The van der Waals surface area contributed by atoms with Crippen LogP contribution in [0.3, 0.4) is 0 Å². The lowest BCUT2D eigenvalue weighted by molar-refractivity contribution is -0.399. The number of rotatable bonds is 1. The Kier molecular flexibility index (Phi) is 2.32. The number of amides is 1. The molecule has 0 saturated carbocycles. The van der Waals surface area contributed by atoms with Crippen LogP contribution in [-0.2, 0) is 4.79 Å². The van der Waals surface area contributed by atoms with Gasteiger partial charge in [0.2, 0.25) is 0 Å². The Hall–Kier alpha value is -0.610. The number of quaternary nitrogens is 1. The van der Waals surface area contributed by atoms with Crippen LogP contribution >= 0.6 is 0 Å². The van der Waals surface area contributed by atoms with Gasteiger partial charge in [0.15, 0.2) is 6.04 Å². The Morgan fingerprint density at radius 2 is 2.43 bits per heavy atom. The van der Waals surface area contributed by atoms with E-state index in [1.54, 1.807) is 6.92 Å². The molecule has 42 valence electrons. The monoisotopic (exact) mass is 105 g/mol. The van der Waals surface area contributed by atoms with Crippen LogP contribution in [0.4, 0.5) is 0 Å².